The molecule has 8 heteroatoms. The second kappa shape index (κ2) is 5.37. The Labute approximate surface area is 119 Å². The van der Waals surface area contributed by atoms with E-state index in [1.165, 1.54) is 16.7 Å². The molecule has 0 radical (unpaired) electrons. The number of carbonyl (C=O) groups is 2. The Hall–Kier alpha value is -1.67. The molecule has 0 saturated carbocycles. The molecular formula is C12H15N3O4S. The molecule has 0 aromatic carbocycles. The predicted octanol–water partition coefficient (Wildman–Crippen LogP) is 0.960. The molecule has 7 nitrogen and oxygen atoms in total. The lowest BCUT2D eigenvalue weighted by Crippen LogP contribution is -2.46. The second-order valence-electron chi connectivity index (χ2n) is 4.97. The molecule has 2 aliphatic rings. The normalized spacial score (nSPS) is 27.5. The van der Waals surface area contributed by atoms with Gasteiger partial charge in [0.05, 0.1) is 24.8 Å². The van der Waals surface area contributed by atoms with Crippen LogP contribution in [-0.4, -0.2) is 40.3 Å². The molecule has 3 N–H and O–H groups in total. The number of rotatable bonds is 4. The number of thiazole rings is 1. The number of ether oxygens (including phenoxy) is 1. The molecule has 20 heavy (non-hydrogen) atoms. The first-order chi connectivity index (χ1) is 9.61. The van der Waals surface area contributed by atoms with Crippen LogP contribution in [0.1, 0.15) is 34.8 Å². The van der Waals surface area contributed by atoms with Gasteiger partial charge in [0, 0.05) is 5.38 Å². The minimum Gasteiger partial charge on any atom is -0.476 e. The second-order valence-corrected chi connectivity index (χ2v) is 5.92. The summed E-state index contributed by atoms with van der Waals surface area (Å²) in [4.78, 5) is 26.4. The molecule has 2 aliphatic heterocycles. The number of nitrogens with zero attached hydrogens (tertiary/aromatic N) is 1. The highest BCUT2D eigenvalue weighted by molar-refractivity contribution is 7.09. The van der Waals surface area contributed by atoms with Gasteiger partial charge in [-0.25, -0.2) is 14.6 Å². The first-order valence-electron chi connectivity index (χ1n) is 6.49. The van der Waals surface area contributed by atoms with Crippen LogP contribution in [0.3, 0.4) is 0 Å². The van der Waals surface area contributed by atoms with Gasteiger partial charge in [-0.3, -0.25) is 0 Å². The number of urea groups is 1. The van der Waals surface area contributed by atoms with E-state index in [0.717, 1.165) is 19.3 Å². The molecule has 108 valence electrons. The van der Waals surface area contributed by atoms with Gasteiger partial charge in [0.2, 0.25) is 0 Å². The fourth-order valence-corrected chi connectivity index (χ4v) is 3.36. The zero-order chi connectivity index (χ0) is 14.1. The topological polar surface area (TPSA) is 101 Å². The van der Waals surface area contributed by atoms with E-state index in [2.05, 4.69) is 15.6 Å². The summed E-state index contributed by atoms with van der Waals surface area (Å²) >= 11 is 1.22. The molecule has 0 aliphatic carbocycles. The standard InChI is InChI=1S/C12H15N3O4S/c16-11(17)8-5-20-10(14-8)4-13-12(18)15-7-3-6-1-2-9(7)19-6/h5-7,9H,1-4H2,(H,16,17)(H2,13,15,18). The van der Waals surface area contributed by atoms with E-state index < -0.39 is 5.97 Å². The number of aromatic carboxylic acids is 1. The number of carboxylic acid groups (broad SMARTS) is 1. The van der Waals surface area contributed by atoms with Crippen molar-refractivity contribution in [3.05, 3.63) is 16.1 Å². The molecule has 2 fully saturated rings. The van der Waals surface area contributed by atoms with Gasteiger partial charge in [-0.05, 0) is 19.3 Å². The number of hydrogen-bond acceptors (Lipinski definition) is 5. The van der Waals surface area contributed by atoms with E-state index in [1.54, 1.807) is 0 Å². The minimum atomic E-state index is -1.06. The summed E-state index contributed by atoms with van der Waals surface area (Å²) in [7, 11) is 0. The Bertz CT molecular complexity index is 533. The maximum Gasteiger partial charge on any atom is 0.355 e. The van der Waals surface area contributed by atoms with Crippen LogP contribution in [0.2, 0.25) is 0 Å². The van der Waals surface area contributed by atoms with E-state index in [4.69, 9.17) is 9.84 Å². The highest BCUT2D eigenvalue weighted by atomic mass is 32.1. The third kappa shape index (κ3) is 2.75. The van der Waals surface area contributed by atoms with Crippen molar-refractivity contribution in [2.24, 2.45) is 0 Å². The number of carboxylic acids is 1. The molecule has 3 unspecified atom stereocenters. The van der Waals surface area contributed by atoms with Crippen LogP contribution in [-0.2, 0) is 11.3 Å². The predicted molar refractivity (Wildman–Crippen MR) is 70.7 cm³/mol. The van der Waals surface area contributed by atoms with Crippen molar-refractivity contribution in [3.63, 3.8) is 0 Å². The van der Waals surface area contributed by atoms with Gasteiger partial charge in [0.1, 0.15) is 5.01 Å². The van der Waals surface area contributed by atoms with Crippen LogP contribution in [0.15, 0.2) is 5.38 Å². The highest BCUT2D eigenvalue weighted by Gasteiger charge is 2.41. The molecule has 1 aromatic heterocycles. The summed E-state index contributed by atoms with van der Waals surface area (Å²) in [5, 5.41) is 16.4. The van der Waals surface area contributed by atoms with E-state index in [0.29, 0.717) is 11.1 Å². The van der Waals surface area contributed by atoms with E-state index in [-0.39, 0.29) is 30.4 Å². The molecule has 2 saturated heterocycles. The zero-order valence-corrected chi connectivity index (χ0v) is 11.5. The van der Waals surface area contributed by atoms with Gasteiger partial charge in [0.25, 0.3) is 0 Å². The van der Waals surface area contributed by atoms with Crippen LogP contribution in [0.4, 0.5) is 4.79 Å². The van der Waals surface area contributed by atoms with Crippen molar-refractivity contribution >= 4 is 23.3 Å². The Morgan fingerprint density at radius 2 is 2.35 bits per heavy atom. The molecule has 3 atom stereocenters. The van der Waals surface area contributed by atoms with Crippen molar-refractivity contribution in [2.45, 2.75) is 44.1 Å². The highest BCUT2D eigenvalue weighted by Crippen LogP contribution is 2.34. The van der Waals surface area contributed by atoms with Crippen LogP contribution < -0.4 is 10.6 Å². The van der Waals surface area contributed by atoms with Crippen molar-refractivity contribution < 1.29 is 19.4 Å². The smallest absolute Gasteiger partial charge is 0.355 e. The first-order valence-corrected chi connectivity index (χ1v) is 7.37. The van der Waals surface area contributed by atoms with Crippen LogP contribution in [0, 0.1) is 0 Å². The number of carbonyl (C=O) groups excluding carboxylic acids is 1. The zero-order valence-electron chi connectivity index (χ0n) is 10.7. The third-order valence-corrected chi connectivity index (χ3v) is 4.44. The third-order valence-electron chi connectivity index (χ3n) is 3.59. The molecule has 3 heterocycles. The Balaban J connectivity index is 1.46. The van der Waals surface area contributed by atoms with Gasteiger partial charge in [-0.2, -0.15) is 0 Å². The van der Waals surface area contributed by atoms with Gasteiger partial charge in [0.15, 0.2) is 5.69 Å². The lowest BCUT2D eigenvalue weighted by atomic mass is 9.96. The largest absolute Gasteiger partial charge is 0.476 e. The lowest BCUT2D eigenvalue weighted by Gasteiger charge is -2.20. The fraction of sp³-hybridized carbons (Fsp3) is 0.583. The molecule has 1 aromatic rings. The summed E-state index contributed by atoms with van der Waals surface area (Å²) in [6, 6.07) is -0.183. The lowest BCUT2D eigenvalue weighted by molar-refractivity contribution is 0.0691. The van der Waals surface area contributed by atoms with Crippen molar-refractivity contribution in [1.82, 2.24) is 15.6 Å². The molecular weight excluding hydrogens is 282 g/mol. The van der Waals surface area contributed by atoms with E-state index in [1.807, 2.05) is 0 Å². The molecule has 2 bridgehead atoms. The number of fused-ring (bicyclic) bond motifs is 2. The summed E-state index contributed by atoms with van der Waals surface area (Å²) < 4.78 is 5.66. The van der Waals surface area contributed by atoms with Crippen molar-refractivity contribution in [2.75, 3.05) is 0 Å². The van der Waals surface area contributed by atoms with Gasteiger partial charge in [-0.1, -0.05) is 0 Å². The van der Waals surface area contributed by atoms with Crippen LogP contribution in [0.5, 0.6) is 0 Å². The van der Waals surface area contributed by atoms with Crippen LogP contribution in [0.25, 0.3) is 0 Å². The monoisotopic (exact) mass is 297 g/mol. The fourth-order valence-electron chi connectivity index (χ4n) is 2.66. The Morgan fingerprint density at radius 1 is 1.50 bits per heavy atom. The van der Waals surface area contributed by atoms with Crippen molar-refractivity contribution in [3.8, 4) is 0 Å². The summed E-state index contributed by atoms with van der Waals surface area (Å²) in [5.74, 6) is -1.06. The van der Waals surface area contributed by atoms with Crippen molar-refractivity contribution in [1.29, 1.82) is 0 Å². The minimum absolute atomic E-state index is 0.00807. The van der Waals surface area contributed by atoms with Gasteiger partial charge in [-0.15, -0.1) is 11.3 Å². The Kier molecular flexibility index (Phi) is 3.58. The maximum absolute atomic E-state index is 11.8. The average molecular weight is 297 g/mol. The average Bonchev–Trinajstić information content (AvgIpc) is 3.12. The first kappa shape index (κ1) is 13.3. The quantitative estimate of drug-likeness (QED) is 0.768. The summed E-state index contributed by atoms with van der Waals surface area (Å²) in [5.41, 5.74) is 0.00807. The van der Waals surface area contributed by atoms with Gasteiger partial charge < -0.3 is 20.5 Å². The number of aromatic nitrogens is 1. The molecule has 3 rings (SSSR count). The number of nitrogens with one attached hydrogen (secondary N) is 2. The van der Waals surface area contributed by atoms with Gasteiger partial charge >= 0.3 is 12.0 Å². The molecule has 2 amide bonds. The van der Waals surface area contributed by atoms with E-state index >= 15 is 0 Å². The maximum atomic E-state index is 11.8. The SMILES string of the molecule is O=C(NCc1nc(C(=O)O)cs1)NC1CC2CCC1O2. The van der Waals surface area contributed by atoms with E-state index in [9.17, 15) is 9.59 Å². The number of hydrogen-bond donors (Lipinski definition) is 3. The summed E-state index contributed by atoms with van der Waals surface area (Å²) in [6.45, 7) is 0.228. The molecule has 0 spiro atoms. The Morgan fingerprint density at radius 3 is 2.95 bits per heavy atom. The number of amides is 2. The van der Waals surface area contributed by atoms with Crippen LogP contribution >= 0.6 is 11.3 Å². The summed E-state index contributed by atoms with van der Waals surface area (Å²) in [6.07, 6.45) is 3.40.